The number of hydrogen-bond donors (Lipinski definition) is 4. The number of carbonyl (C=O) groups excluding carboxylic acids is 1. The van der Waals surface area contributed by atoms with Gasteiger partial charge in [0.25, 0.3) is 11.5 Å². The molecule has 4 rings (SSSR count). The topological polar surface area (TPSA) is 143 Å². The summed E-state index contributed by atoms with van der Waals surface area (Å²) in [6.07, 6.45) is 0.201. The largest absolute Gasteiger partial charge is 0.478 e. The minimum Gasteiger partial charge on any atom is -0.478 e. The second-order valence-corrected chi connectivity index (χ2v) is 8.96. The number of benzene rings is 1. The van der Waals surface area contributed by atoms with Crippen LogP contribution in [0.1, 0.15) is 18.9 Å². The summed E-state index contributed by atoms with van der Waals surface area (Å²) in [5, 5.41) is 26.4. The van der Waals surface area contributed by atoms with Crippen molar-refractivity contribution in [2.75, 3.05) is 37.0 Å². The SMILES string of the molecule is CNC(=O)COc1cc2cc(Nc3nc(N4CC(C)CC(O)C4)c(C#N)cc3Cl)ccc2[nH]c1=O. The number of nitriles is 1. The van der Waals surface area contributed by atoms with E-state index in [4.69, 9.17) is 16.3 Å². The van der Waals surface area contributed by atoms with Gasteiger partial charge in [-0.25, -0.2) is 4.98 Å². The van der Waals surface area contributed by atoms with E-state index in [0.29, 0.717) is 53.3 Å². The molecule has 0 spiro atoms. The number of aliphatic hydroxyl groups excluding tert-OH is 1. The standard InChI is InChI=1S/C24H25ClN6O4/c1-13-5-17(32)11-31(10-13)23-15(9-26)7-18(25)22(30-23)28-16-3-4-19-14(6-16)8-20(24(34)29-19)35-12-21(33)27-2/h3-4,6-8,13,17,32H,5,10-12H2,1-2H3,(H,27,33)(H,28,30)(H,29,34). The quantitative estimate of drug-likeness (QED) is 0.407. The highest BCUT2D eigenvalue weighted by Gasteiger charge is 2.26. The van der Waals surface area contributed by atoms with Crippen molar-refractivity contribution in [2.45, 2.75) is 19.4 Å². The lowest BCUT2D eigenvalue weighted by atomic mass is 9.97. The van der Waals surface area contributed by atoms with Crippen LogP contribution in [0.3, 0.4) is 0 Å². The molecule has 1 fully saturated rings. The van der Waals surface area contributed by atoms with E-state index in [2.05, 4.69) is 26.7 Å². The van der Waals surface area contributed by atoms with Crippen LogP contribution in [0.5, 0.6) is 5.75 Å². The van der Waals surface area contributed by atoms with Crippen LogP contribution in [-0.4, -0.2) is 53.8 Å². The van der Waals surface area contributed by atoms with Crippen molar-refractivity contribution in [1.82, 2.24) is 15.3 Å². The highest BCUT2D eigenvalue weighted by atomic mass is 35.5. The Morgan fingerprint density at radius 1 is 1.37 bits per heavy atom. The number of nitrogens with zero attached hydrogens (tertiary/aromatic N) is 3. The molecule has 10 nitrogen and oxygen atoms in total. The van der Waals surface area contributed by atoms with Crippen molar-refractivity contribution < 1.29 is 14.6 Å². The number of carbonyl (C=O) groups is 1. The van der Waals surface area contributed by atoms with E-state index in [-0.39, 0.29) is 29.2 Å². The van der Waals surface area contributed by atoms with Gasteiger partial charge in [0.2, 0.25) is 0 Å². The van der Waals surface area contributed by atoms with Gasteiger partial charge in [0.1, 0.15) is 11.9 Å². The maximum absolute atomic E-state index is 12.2. The van der Waals surface area contributed by atoms with E-state index in [1.54, 1.807) is 30.3 Å². The summed E-state index contributed by atoms with van der Waals surface area (Å²) >= 11 is 6.43. The number of pyridine rings is 2. The molecule has 2 unspecified atom stereocenters. The first-order chi connectivity index (χ1) is 16.8. The molecule has 11 heteroatoms. The fraction of sp³-hybridized carbons (Fsp3) is 0.333. The molecule has 182 valence electrons. The molecule has 1 aromatic carbocycles. The predicted octanol–water partition coefficient (Wildman–Crippen LogP) is 2.52. The lowest BCUT2D eigenvalue weighted by Gasteiger charge is -2.35. The molecule has 1 saturated heterocycles. The molecule has 3 heterocycles. The van der Waals surface area contributed by atoms with Gasteiger partial charge >= 0.3 is 0 Å². The van der Waals surface area contributed by atoms with E-state index < -0.39 is 11.7 Å². The summed E-state index contributed by atoms with van der Waals surface area (Å²) in [4.78, 5) is 33.0. The molecule has 35 heavy (non-hydrogen) atoms. The van der Waals surface area contributed by atoms with E-state index in [1.165, 1.54) is 7.05 Å². The summed E-state index contributed by atoms with van der Waals surface area (Å²) in [7, 11) is 1.48. The molecule has 1 amide bonds. The van der Waals surface area contributed by atoms with Gasteiger partial charge in [-0.05, 0) is 42.7 Å². The van der Waals surface area contributed by atoms with Gasteiger partial charge in [0.15, 0.2) is 18.2 Å². The molecular formula is C24H25ClN6O4. The maximum Gasteiger partial charge on any atom is 0.290 e. The zero-order valence-electron chi connectivity index (χ0n) is 19.3. The van der Waals surface area contributed by atoms with Gasteiger partial charge in [-0.15, -0.1) is 0 Å². The van der Waals surface area contributed by atoms with Gasteiger partial charge in [-0.2, -0.15) is 5.26 Å². The monoisotopic (exact) mass is 496 g/mol. The number of aromatic nitrogens is 2. The first-order valence-corrected chi connectivity index (χ1v) is 11.5. The van der Waals surface area contributed by atoms with Crippen molar-refractivity contribution in [3.63, 3.8) is 0 Å². The molecule has 1 aliphatic heterocycles. The number of fused-ring (bicyclic) bond motifs is 1. The highest BCUT2D eigenvalue weighted by Crippen LogP contribution is 2.32. The van der Waals surface area contributed by atoms with Crippen LogP contribution in [0.15, 0.2) is 35.1 Å². The predicted molar refractivity (Wildman–Crippen MR) is 133 cm³/mol. The third-order valence-electron chi connectivity index (χ3n) is 5.72. The molecule has 0 radical (unpaired) electrons. The lowest BCUT2D eigenvalue weighted by Crippen LogP contribution is -2.43. The first-order valence-electron chi connectivity index (χ1n) is 11.1. The molecule has 0 bridgehead atoms. The van der Waals surface area contributed by atoms with Crippen LogP contribution in [0.25, 0.3) is 10.9 Å². The number of likely N-dealkylation sites (N-methyl/N-ethyl adjacent to an activating group) is 1. The number of ether oxygens (including phenoxy) is 1. The average Bonchev–Trinajstić information content (AvgIpc) is 2.83. The number of hydrogen-bond acceptors (Lipinski definition) is 8. The van der Waals surface area contributed by atoms with Gasteiger partial charge in [-0.1, -0.05) is 18.5 Å². The Labute approximate surface area is 206 Å². The smallest absolute Gasteiger partial charge is 0.290 e. The third-order valence-corrected chi connectivity index (χ3v) is 6.01. The van der Waals surface area contributed by atoms with Crippen LogP contribution in [0.4, 0.5) is 17.3 Å². The van der Waals surface area contributed by atoms with Crippen molar-refractivity contribution in [1.29, 1.82) is 5.26 Å². The fourth-order valence-electron chi connectivity index (χ4n) is 4.11. The van der Waals surface area contributed by atoms with Crippen molar-refractivity contribution in [3.05, 3.63) is 51.3 Å². The van der Waals surface area contributed by atoms with Gasteiger partial charge in [0, 0.05) is 36.7 Å². The zero-order valence-corrected chi connectivity index (χ0v) is 20.0. The minimum atomic E-state index is -0.498. The second-order valence-electron chi connectivity index (χ2n) is 8.55. The lowest BCUT2D eigenvalue weighted by molar-refractivity contribution is -0.122. The number of halogens is 1. The number of rotatable bonds is 6. The summed E-state index contributed by atoms with van der Waals surface area (Å²) in [5.74, 6) is 0.732. The number of piperidine rings is 1. The van der Waals surface area contributed by atoms with Gasteiger partial charge in [0.05, 0.1) is 16.7 Å². The molecule has 0 saturated carbocycles. The van der Waals surface area contributed by atoms with Crippen molar-refractivity contribution >= 4 is 45.7 Å². The number of β-amino-alcohol motifs (C(OH)–C–C–N with tert-alkyl or cyclic N) is 1. The van der Waals surface area contributed by atoms with E-state index >= 15 is 0 Å². The Balaban J connectivity index is 1.65. The summed E-state index contributed by atoms with van der Waals surface area (Å²) < 4.78 is 5.33. The summed E-state index contributed by atoms with van der Waals surface area (Å²) in [5.41, 5.74) is 1.11. The number of nitrogens with one attached hydrogen (secondary N) is 3. The van der Waals surface area contributed by atoms with Gasteiger partial charge in [-0.3, -0.25) is 9.59 Å². The Morgan fingerprint density at radius 2 is 2.17 bits per heavy atom. The number of amides is 1. The van der Waals surface area contributed by atoms with Crippen molar-refractivity contribution in [3.8, 4) is 11.8 Å². The zero-order chi connectivity index (χ0) is 25.1. The van der Waals surface area contributed by atoms with Crippen LogP contribution >= 0.6 is 11.6 Å². The molecule has 4 N–H and O–H groups in total. The minimum absolute atomic E-state index is 0.0212. The molecular weight excluding hydrogens is 472 g/mol. The molecule has 3 aromatic rings. The van der Waals surface area contributed by atoms with Crippen LogP contribution < -0.4 is 25.8 Å². The number of aliphatic hydroxyl groups is 1. The fourth-order valence-corrected chi connectivity index (χ4v) is 4.30. The Morgan fingerprint density at radius 3 is 2.89 bits per heavy atom. The molecule has 2 atom stereocenters. The Bertz CT molecular complexity index is 1360. The highest BCUT2D eigenvalue weighted by molar-refractivity contribution is 6.33. The second kappa shape index (κ2) is 10.2. The van der Waals surface area contributed by atoms with Crippen molar-refractivity contribution in [2.24, 2.45) is 5.92 Å². The van der Waals surface area contributed by atoms with Gasteiger partial charge < -0.3 is 30.4 Å². The number of anilines is 3. The van der Waals surface area contributed by atoms with Crippen LogP contribution in [-0.2, 0) is 4.79 Å². The first kappa shape index (κ1) is 24.3. The molecule has 0 aliphatic carbocycles. The van der Waals surface area contributed by atoms with E-state index in [9.17, 15) is 20.0 Å². The van der Waals surface area contributed by atoms with E-state index in [1.807, 2.05) is 11.8 Å². The normalized spacial score (nSPS) is 17.6. The van der Waals surface area contributed by atoms with Crippen LogP contribution in [0.2, 0.25) is 5.02 Å². The maximum atomic E-state index is 12.2. The Hall–Kier alpha value is -3.81. The third kappa shape index (κ3) is 5.48. The summed E-state index contributed by atoms with van der Waals surface area (Å²) in [6, 6.07) is 10.5. The molecule has 2 aromatic heterocycles. The summed E-state index contributed by atoms with van der Waals surface area (Å²) in [6.45, 7) is 2.82. The Kier molecular flexibility index (Phi) is 7.10. The van der Waals surface area contributed by atoms with E-state index in [0.717, 1.165) is 0 Å². The molecule has 1 aliphatic rings. The number of H-pyrrole nitrogens is 1. The number of aromatic amines is 1. The average molecular weight is 497 g/mol. The van der Waals surface area contributed by atoms with Crippen LogP contribution in [0, 0.1) is 17.2 Å².